The third-order valence-corrected chi connectivity index (χ3v) is 3.21. The fourth-order valence-corrected chi connectivity index (χ4v) is 2.25. The van der Waals surface area contributed by atoms with Crippen LogP contribution in [0, 0.1) is 5.92 Å². The zero-order chi connectivity index (χ0) is 11.7. The highest BCUT2D eigenvalue weighted by Gasteiger charge is 2.35. The number of aromatic nitrogens is 2. The molecule has 0 aliphatic heterocycles. The first-order chi connectivity index (χ1) is 7.69. The van der Waals surface area contributed by atoms with Crippen molar-refractivity contribution in [2.24, 2.45) is 5.92 Å². The topological polar surface area (TPSA) is 39.1 Å². The second-order valence-corrected chi connectivity index (χ2v) is 4.74. The molecule has 1 unspecified atom stereocenters. The van der Waals surface area contributed by atoms with E-state index >= 15 is 0 Å². The molecule has 1 aliphatic carbocycles. The van der Waals surface area contributed by atoms with Crippen molar-refractivity contribution in [2.75, 3.05) is 14.2 Å². The van der Waals surface area contributed by atoms with E-state index in [1.54, 1.807) is 7.11 Å². The minimum Gasteiger partial charge on any atom is -0.493 e. The molecule has 1 aromatic rings. The first-order valence-electron chi connectivity index (χ1n) is 5.97. The highest BCUT2D eigenvalue weighted by molar-refractivity contribution is 5.30. The summed E-state index contributed by atoms with van der Waals surface area (Å²) in [6, 6.07) is 0.744. The van der Waals surface area contributed by atoms with Crippen molar-refractivity contribution in [2.45, 2.75) is 38.8 Å². The van der Waals surface area contributed by atoms with Crippen molar-refractivity contribution < 1.29 is 4.74 Å². The Morgan fingerprint density at radius 1 is 1.50 bits per heavy atom. The quantitative estimate of drug-likeness (QED) is 0.831. The fourth-order valence-electron chi connectivity index (χ4n) is 2.25. The predicted molar refractivity (Wildman–Crippen MR) is 63.7 cm³/mol. The second kappa shape index (κ2) is 4.45. The first-order valence-corrected chi connectivity index (χ1v) is 5.97. The Kier molecular flexibility index (Phi) is 3.19. The second-order valence-electron chi connectivity index (χ2n) is 4.74. The Hall–Kier alpha value is -1.03. The van der Waals surface area contributed by atoms with Crippen LogP contribution in [0.1, 0.15) is 44.5 Å². The van der Waals surface area contributed by atoms with E-state index in [9.17, 15) is 0 Å². The molecule has 1 N–H and O–H groups in total. The van der Waals surface area contributed by atoms with Crippen LogP contribution in [0.4, 0.5) is 0 Å². The third kappa shape index (κ3) is 1.94. The fraction of sp³-hybridized carbons (Fsp3) is 0.750. The van der Waals surface area contributed by atoms with Crippen molar-refractivity contribution >= 4 is 0 Å². The summed E-state index contributed by atoms with van der Waals surface area (Å²) < 4.78 is 7.48. The van der Waals surface area contributed by atoms with Gasteiger partial charge in [-0.3, -0.25) is 4.68 Å². The van der Waals surface area contributed by atoms with Gasteiger partial charge in [-0.1, -0.05) is 0 Å². The number of rotatable bonds is 5. The van der Waals surface area contributed by atoms with E-state index in [-0.39, 0.29) is 0 Å². The lowest BCUT2D eigenvalue weighted by Crippen LogP contribution is -2.23. The van der Waals surface area contributed by atoms with Crippen LogP contribution < -0.4 is 10.1 Å². The SMILES string of the molecule is CNC(c1c(OC)cnn1C(C)C)C1CC1. The summed E-state index contributed by atoms with van der Waals surface area (Å²) in [5, 5.41) is 7.81. The van der Waals surface area contributed by atoms with E-state index in [0.717, 1.165) is 11.7 Å². The molecule has 2 rings (SSSR count). The smallest absolute Gasteiger partial charge is 0.161 e. The molecule has 1 saturated carbocycles. The van der Waals surface area contributed by atoms with E-state index in [1.165, 1.54) is 18.5 Å². The van der Waals surface area contributed by atoms with Gasteiger partial charge in [0.05, 0.1) is 25.0 Å². The van der Waals surface area contributed by atoms with E-state index in [1.807, 2.05) is 13.2 Å². The summed E-state index contributed by atoms with van der Waals surface area (Å²) in [7, 11) is 3.73. The molecule has 0 radical (unpaired) electrons. The van der Waals surface area contributed by atoms with Gasteiger partial charge in [0.25, 0.3) is 0 Å². The van der Waals surface area contributed by atoms with Crippen LogP contribution in [0.3, 0.4) is 0 Å². The van der Waals surface area contributed by atoms with E-state index in [4.69, 9.17) is 4.74 Å². The summed E-state index contributed by atoms with van der Waals surface area (Å²) in [6.07, 6.45) is 4.43. The zero-order valence-corrected chi connectivity index (χ0v) is 10.5. The van der Waals surface area contributed by atoms with Crippen LogP contribution >= 0.6 is 0 Å². The van der Waals surface area contributed by atoms with Gasteiger partial charge >= 0.3 is 0 Å². The molecular weight excluding hydrogens is 202 g/mol. The van der Waals surface area contributed by atoms with E-state index in [0.29, 0.717) is 12.1 Å². The van der Waals surface area contributed by atoms with Crippen LogP contribution in [0.25, 0.3) is 0 Å². The van der Waals surface area contributed by atoms with Crippen molar-refractivity contribution in [3.63, 3.8) is 0 Å². The molecule has 1 heterocycles. The van der Waals surface area contributed by atoms with Crippen LogP contribution in [0.2, 0.25) is 0 Å². The van der Waals surface area contributed by atoms with Crippen molar-refractivity contribution in [1.82, 2.24) is 15.1 Å². The van der Waals surface area contributed by atoms with Gasteiger partial charge in [0.15, 0.2) is 5.75 Å². The number of nitrogens with zero attached hydrogens (tertiary/aromatic N) is 2. The lowest BCUT2D eigenvalue weighted by atomic mass is 10.1. The van der Waals surface area contributed by atoms with Crippen molar-refractivity contribution in [3.05, 3.63) is 11.9 Å². The molecule has 0 saturated heterocycles. The number of methoxy groups -OCH3 is 1. The van der Waals surface area contributed by atoms with Gasteiger partial charge in [-0.2, -0.15) is 5.10 Å². The zero-order valence-electron chi connectivity index (χ0n) is 10.5. The van der Waals surface area contributed by atoms with Crippen molar-refractivity contribution in [1.29, 1.82) is 0 Å². The van der Waals surface area contributed by atoms with E-state index in [2.05, 4.69) is 28.9 Å². The first kappa shape index (κ1) is 11.5. The standard InChI is InChI=1S/C12H21N3O/c1-8(2)15-12(10(16-4)7-14-15)11(13-3)9-5-6-9/h7-9,11,13H,5-6H2,1-4H3. The molecule has 90 valence electrons. The van der Waals surface area contributed by atoms with Gasteiger partial charge in [-0.25, -0.2) is 0 Å². The number of ether oxygens (including phenoxy) is 1. The Morgan fingerprint density at radius 3 is 2.62 bits per heavy atom. The molecule has 1 aromatic heterocycles. The van der Waals surface area contributed by atoms with Gasteiger partial charge in [0, 0.05) is 6.04 Å². The molecule has 1 atom stereocenters. The molecule has 0 amide bonds. The minimum atomic E-state index is 0.369. The average molecular weight is 223 g/mol. The Morgan fingerprint density at radius 2 is 2.19 bits per heavy atom. The van der Waals surface area contributed by atoms with Crippen LogP contribution in [0.15, 0.2) is 6.20 Å². The number of nitrogens with one attached hydrogen (secondary N) is 1. The molecule has 0 bridgehead atoms. The summed E-state index contributed by atoms with van der Waals surface area (Å²) in [4.78, 5) is 0. The van der Waals surface area contributed by atoms with Crippen LogP contribution in [-0.2, 0) is 0 Å². The lowest BCUT2D eigenvalue weighted by Gasteiger charge is -2.20. The van der Waals surface area contributed by atoms with Crippen LogP contribution in [-0.4, -0.2) is 23.9 Å². The van der Waals surface area contributed by atoms with Crippen molar-refractivity contribution in [3.8, 4) is 5.75 Å². The molecule has 4 nitrogen and oxygen atoms in total. The molecular formula is C12H21N3O. The van der Waals surface area contributed by atoms with Crippen LogP contribution in [0.5, 0.6) is 5.75 Å². The number of hydrogen-bond donors (Lipinski definition) is 1. The molecule has 16 heavy (non-hydrogen) atoms. The molecule has 0 aromatic carbocycles. The van der Waals surface area contributed by atoms with Gasteiger partial charge in [-0.05, 0) is 39.7 Å². The third-order valence-electron chi connectivity index (χ3n) is 3.21. The Balaban J connectivity index is 2.37. The maximum Gasteiger partial charge on any atom is 0.161 e. The largest absolute Gasteiger partial charge is 0.493 e. The Labute approximate surface area is 97.0 Å². The maximum absolute atomic E-state index is 5.41. The highest BCUT2D eigenvalue weighted by atomic mass is 16.5. The summed E-state index contributed by atoms with van der Waals surface area (Å²) >= 11 is 0. The predicted octanol–water partition coefficient (Wildman–Crippen LogP) is 2.14. The lowest BCUT2D eigenvalue weighted by molar-refractivity contribution is 0.378. The minimum absolute atomic E-state index is 0.369. The van der Waals surface area contributed by atoms with Gasteiger partial charge in [-0.15, -0.1) is 0 Å². The number of hydrogen-bond acceptors (Lipinski definition) is 3. The molecule has 1 fully saturated rings. The van der Waals surface area contributed by atoms with E-state index < -0.39 is 0 Å². The summed E-state index contributed by atoms with van der Waals surface area (Å²) in [5.74, 6) is 1.65. The molecule has 0 spiro atoms. The maximum atomic E-state index is 5.41. The summed E-state index contributed by atoms with van der Waals surface area (Å²) in [5.41, 5.74) is 1.20. The Bertz CT molecular complexity index is 355. The monoisotopic (exact) mass is 223 g/mol. The molecule has 4 heteroatoms. The normalized spacial score (nSPS) is 17.8. The van der Waals surface area contributed by atoms with Gasteiger partial charge in [0.1, 0.15) is 0 Å². The molecule has 1 aliphatic rings. The van der Waals surface area contributed by atoms with Gasteiger partial charge in [0.2, 0.25) is 0 Å². The van der Waals surface area contributed by atoms with Gasteiger partial charge < -0.3 is 10.1 Å². The summed E-state index contributed by atoms with van der Waals surface area (Å²) in [6.45, 7) is 4.30. The average Bonchev–Trinajstić information content (AvgIpc) is 2.98. The highest BCUT2D eigenvalue weighted by Crippen LogP contribution is 2.43.